The van der Waals surface area contributed by atoms with E-state index in [1.165, 1.54) is 13.0 Å². The van der Waals surface area contributed by atoms with Gasteiger partial charge in [-0.25, -0.2) is 0 Å². The molecule has 0 aromatic heterocycles. The number of ether oxygens (including phenoxy) is 1. The lowest BCUT2D eigenvalue weighted by molar-refractivity contribution is -0.384. The second kappa shape index (κ2) is 8.72. The van der Waals surface area contributed by atoms with Crippen LogP contribution in [0.3, 0.4) is 0 Å². The van der Waals surface area contributed by atoms with E-state index < -0.39 is 4.92 Å². The third kappa shape index (κ3) is 4.53. The van der Waals surface area contributed by atoms with E-state index in [-0.39, 0.29) is 17.4 Å². The number of anilines is 1. The molecule has 2 aromatic carbocycles. The van der Waals surface area contributed by atoms with Gasteiger partial charge in [-0.05, 0) is 43.7 Å². The van der Waals surface area contributed by atoms with Crippen molar-refractivity contribution in [3.8, 4) is 5.75 Å². The van der Waals surface area contributed by atoms with Gasteiger partial charge in [-0.3, -0.25) is 19.7 Å². The van der Waals surface area contributed by atoms with Crippen molar-refractivity contribution >= 4 is 23.1 Å². The Balaban J connectivity index is 1.78. The van der Waals surface area contributed by atoms with Crippen LogP contribution in [0, 0.1) is 10.1 Å². The Morgan fingerprint density at radius 3 is 2.52 bits per heavy atom. The van der Waals surface area contributed by atoms with E-state index in [0.29, 0.717) is 55.2 Å². The number of methoxy groups -OCH3 is 1. The number of ketones is 1. The first-order chi connectivity index (χ1) is 13.9. The highest BCUT2D eigenvalue weighted by Crippen LogP contribution is 2.30. The largest absolute Gasteiger partial charge is 0.497 e. The molecule has 1 heterocycles. The predicted octanol–water partition coefficient (Wildman–Crippen LogP) is 3.16. The molecule has 1 fully saturated rings. The van der Waals surface area contributed by atoms with Crippen LogP contribution in [0.1, 0.15) is 34.1 Å². The molecule has 0 unspecified atom stereocenters. The number of hydrogen-bond acceptors (Lipinski definition) is 6. The molecule has 0 radical (unpaired) electrons. The highest BCUT2D eigenvalue weighted by molar-refractivity contribution is 5.96. The second-order valence-corrected chi connectivity index (χ2v) is 6.88. The van der Waals surface area contributed by atoms with E-state index in [4.69, 9.17) is 4.74 Å². The maximum Gasteiger partial charge on any atom is 0.293 e. The molecule has 0 saturated carbocycles. The molecule has 1 saturated heterocycles. The van der Waals surface area contributed by atoms with Gasteiger partial charge in [0.05, 0.1) is 12.0 Å². The molecule has 0 bridgehead atoms. The summed E-state index contributed by atoms with van der Waals surface area (Å²) in [7, 11) is 1.55. The van der Waals surface area contributed by atoms with Crippen LogP contribution in [0.15, 0.2) is 42.5 Å². The Hall–Kier alpha value is -3.42. The number of nitro benzene ring substituents is 1. The molecule has 0 N–H and O–H groups in total. The Morgan fingerprint density at radius 2 is 1.83 bits per heavy atom. The Kier molecular flexibility index (Phi) is 6.11. The van der Waals surface area contributed by atoms with Crippen molar-refractivity contribution in [3.63, 3.8) is 0 Å². The minimum atomic E-state index is -0.466. The van der Waals surface area contributed by atoms with Crippen molar-refractivity contribution in [1.82, 2.24) is 4.90 Å². The summed E-state index contributed by atoms with van der Waals surface area (Å²) < 4.78 is 5.19. The third-order valence-electron chi connectivity index (χ3n) is 5.02. The minimum absolute atomic E-state index is 0.0906. The minimum Gasteiger partial charge on any atom is -0.497 e. The van der Waals surface area contributed by atoms with E-state index in [9.17, 15) is 19.7 Å². The molecule has 1 aliphatic heterocycles. The normalized spacial score (nSPS) is 14.3. The maximum atomic E-state index is 12.9. The van der Waals surface area contributed by atoms with Gasteiger partial charge in [0.1, 0.15) is 11.4 Å². The molecule has 0 spiro atoms. The molecule has 2 aromatic rings. The molecule has 1 amide bonds. The molecule has 8 nitrogen and oxygen atoms in total. The van der Waals surface area contributed by atoms with Crippen LogP contribution in [0.25, 0.3) is 0 Å². The number of rotatable bonds is 5. The Morgan fingerprint density at radius 1 is 1.03 bits per heavy atom. The average Bonchev–Trinajstić information content (AvgIpc) is 2.98. The average molecular weight is 397 g/mol. The van der Waals surface area contributed by atoms with Gasteiger partial charge in [-0.2, -0.15) is 0 Å². The molecule has 152 valence electrons. The zero-order valence-electron chi connectivity index (χ0n) is 16.5. The van der Waals surface area contributed by atoms with Gasteiger partial charge in [0.15, 0.2) is 5.78 Å². The first-order valence-corrected chi connectivity index (χ1v) is 9.38. The summed E-state index contributed by atoms with van der Waals surface area (Å²) in [5, 5.41) is 11.5. The quantitative estimate of drug-likeness (QED) is 0.437. The summed E-state index contributed by atoms with van der Waals surface area (Å²) in [5.74, 6) is 0.311. The first-order valence-electron chi connectivity index (χ1n) is 9.38. The van der Waals surface area contributed by atoms with Gasteiger partial charge in [-0.15, -0.1) is 0 Å². The summed E-state index contributed by atoms with van der Waals surface area (Å²) in [5.41, 5.74) is 1.24. The SMILES string of the molecule is COc1cccc(C(=O)N2CCCN(c3ccc(C(C)=O)cc3[N+](=O)[O-])CC2)c1. The number of benzene rings is 2. The standard InChI is InChI=1S/C21H23N3O5/c1-15(25)16-7-8-19(20(14-16)24(27)28)22-9-4-10-23(12-11-22)21(26)17-5-3-6-18(13-17)29-2/h3,5-8,13-14H,4,9-12H2,1-2H3. The van der Waals surface area contributed by atoms with Crippen LogP contribution < -0.4 is 9.64 Å². The summed E-state index contributed by atoms with van der Waals surface area (Å²) in [6.45, 7) is 3.44. The van der Waals surface area contributed by atoms with Gasteiger partial charge in [0.25, 0.3) is 11.6 Å². The molecule has 1 aliphatic rings. The van der Waals surface area contributed by atoms with Crippen molar-refractivity contribution in [2.24, 2.45) is 0 Å². The van der Waals surface area contributed by atoms with E-state index in [1.807, 2.05) is 4.90 Å². The molecule has 0 aliphatic carbocycles. The van der Waals surface area contributed by atoms with Crippen LogP contribution >= 0.6 is 0 Å². The van der Waals surface area contributed by atoms with Gasteiger partial charge in [-0.1, -0.05) is 6.07 Å². The zero-order chi connectivity index (χ0) is 21.0. The second-order valence-electron chi connectivity index (χ2n) is 6.88. The number of hydrogen-bond donors (Lipinski definition) is 0. The number of carbonyl (C=O) groups is 2. The van der Waals surface area contributed by atoms with E-state index in [0.717, 1.165) is 0 Å². The van der Waals surface area contributed by atoms with Crippen molar-refractivity contribution in [1.29, 1.82) is 0 Å². The number of amides is 1. The fourth-order valence-electron chi connectivity index (χ4n) is 3.46. The van der Waals surface area contributed by atoms with Gasteiger partial charge >= 0.3 is 0 Å². The third-order valence-corrected chi connectivity index (χ3v) is 5.02. The highest BCUT2D eigenvalue weighted by atomic mass is 16.6. The van der Waals surface area contributed by atoms with E-state index in [1.54, 1.807) is 48.4 Å². The fourth-order valence-corrected chi connectivity index (χ4v) is 3.46. The van der Waals surface area contributed by atoms with Gasteiger partial charge in [0.2, 0.25) is 0 Å². The fraction of sp³-hybridized carbons (Fsp3) is 0.333. The highest BCUT2D eigenvalue weighted by Gasteiger charge is 2.25. The first kappa shape index (κ1) is 20.3. The zero-order valence-corrected chi connectivity index (χ0v) is 16.5. The van der Waals surface area contributed by atoms with Crippen LogP contribution in [-0.2, 0) is 0 Å². The number of Topliss-reactive ketones (excluding diaryl/α,β-unsaturated/α-hetero) is 1. The van der Waals surface area contributed by atoms with E-state index >= 15 is 0 Å². The molecule has 8 heteroatoms. The number of carbonyl (C=O) groups excluding carboxylic acids is 2. The van der Waals surface area contributed by atoms with Crippen LogP contribution in [0.5, 0.6) is 5.75 Å². The summed E-state index contributed by atoms with van der Waals surface area (Å²) in [6.07, 6.45) is 0.682. The number of nitrogens with zero attached hydrogens (tertiary/aromatic N) is 3. The summed E-state index contributed by atoms with van der Waals surface area (Å²) >= 11 is 0. The van der Waals surface area contributed by atoms with Crippen molar-refractivity contribution in [2.75, 3.05) is 38.2 Å². The van der Waals surface area contributed by atoms with Crippen molar-refractivity contribution in [2.45, 2.75) is 13.3 Å². The lowest BCUT2D eigenvalue weighted by Crippen LogP contribution is -2.35. The van der Waals surface area contributed by atoms with Crippen LogP contribution in [0.4, 0.5) is 11.4 Å². The van der Waals surface area contributed by atoms with Crippen LogP contribution in [0.2, 0.25) is 0 Å². The van der Waals surface area contributed by atoms with Crippen molar-refractivity contribution in [3.05, 3.63) is 63.7 Å². The Labute approximate surface area is 168 Å². The maximum absolute atomic E-state index is 12.9. The molecular formula is C21H23N3O5. The Bertz CT molecular complexity index is 944. The smallest absolute Gasteiger partial charge is 0.293 e. The summed E-state index contributed by atoms with van der Waals surface area (Å²) in [6, 6.07) is 11.6. The lowest BCUT2D eigenvalue weighted by atomic mass is 10.1. The molecule has 3 rings (SSSR count). The molecular weight excluding hydrogens is 374 g/mol. The van der Waals surface area contributed by atoms with Crippen LogP contribution in [-0.4, -0.2) is 54.8 Å². The predicted molar refractivity (Wildman–Crippen MR) is 109 cm³/mol. The molecule has 29 heavy (non-hydrogen) atoms. The molecule has 0 atom stereocenters. The topological polar surface area (TPSA) is 93.0 Å². The van der Waals surface area contributed by atoms with Gasteiger partial charge in [0, 0.05) is 43.4 Å². The monoisotopic (exact) mass is 397 g/mol. The van der Waals surface area contributed by atoms with E-state index in [2.05, 4.69) is 0 Å². The lowest BCUT2D eigenvalue weighted by Gasteiger charge is -2.24. The summed E-state index contributed by atoms with van der Waals surface area (Å²) in [4.78, 5) is 39.2. The van der Waals surface area contributed by atoms with Crippen molar-refractivity contribution < 1.29 is 19.2 Å². The number of nitro groups is 1. The van der Waals surface area contributed by atoms with Gasteiger partial charge < -0.3 is 14.5 Å².